The molecule has 2 aliphatic rings. The van der Waals surface area contributed by atoms with E-state index >= 15 is 0 Å². The average Bonchev–Trinajstić information content (AvgIpc) is 2.97. The lowest BCUT2D eigenvalue weighted by Crippen LogP contribution is -2.40. The Hall–Kier alpha value is -0.510. The summed E-state index contributed by atoms with van der Waals surface area (Å²) in [5.41, 5.74) is 10.5. The van der Waals surface area contributed by atoms with E-state index in [2.05, 4.69) is 43.8 Å². The van der Waals surface area contributed by atoms with E-state index in [9.17, 15) is 5.11 Å². The van der Waals surface area contributed by atoms with E-state index in [1.165, 1.54) is 36.3 Å². The van der Waals surface area contributed by atoms with Crippen LogP contribution in [-0.2, 0) is 12.8 Å². The maximum atomic E-state index is 9.49. The van der Waals surface area contributed by atoms with Crippen molar-refractivity contribution in [3.63, 3.8) is 0 Å². The fourth-order valence-corrected chi connectivity index (χ4v) is 5.53. The van der Waals surface area contributed by atoms with Gasteiger partial charge in [0.2, 0.25) is 0 Å². The van der Waals surface area contributed by atoms with E-state index in [0.717, 1.165) is 31.1 Å². The molecule has 3 rings (SSSR count). The highest BCUT2D eigenvalue weighted by Gasteiger charge is 2.36. The van der Waals surface area contributed by atoms with Crippen LogP contribution in [0.25, 0.3) is 0 Å². The fourth-order valence-electron chi connectivity index (χ4n) is 4.30. The minimum Gasteiger partial charge on any atom is -0.394 e. The molecule has 1 aromatic carbocycles. The molecule has 0 aromatic heterocycles. The van der Waals surface area contributed by atoms with Gasteiger partial charge in [-0.3, -0.25) is 0 Å². The molecule has 1 saturated carbocycles. The Balaban J connectivity index is 1.60. The summed E-state index contributed by atoms with van der Waals surface area (Å²) in [6, 6.07) is 7.15. The Morgan fingerprint density at radius 2 is 2.12 bits per heavy atom. The summed E-state index contributed by atoms with van der Waals surface area (Å²) >= 11 is 2.13. The molecule has 2 nitrogen and oxygen atoms in total. The first kappa shape index (κ1) is 18.3. The molecule has 0 amide bonds. The van der Waals surface area contributed by atoms with Crippen LogP contribution in [0.4, 0.5) is 0 Å². The molecule has 2 aliphatic carbocycles. The van der Waals surface area contributed by atoms with Crippen LogP contribution in [0, 0.1) is 11.8 Å². The number of aliphatic hydroxyl groups is 1. The van der Waals surface area contributed by atoms with Gasteiger partial charge in [0, 0.05) is 5.54 Å². The normalized spacial score (nSPS) is 29.9. The highest BCUT2D eigenvalue weighted by atomic mass is 32.2. The van der Waals surface area contributed by atoms with Gasteiger partial charge in [-0.05, 0) is 84.5 Å². The van der Waals surface area contributed by atoms with Gasteiger partial charge >= 0.3 is 0 Å². The van der Waals surface area contributed by atoms with Crippen LogP contribution < -0.4 is 5.73 Å². The number of hydrogen-bond acceptors (Lipinski definition) is 3. The molecule has 0 saturated heterocycles. The Kier molecular flexibility index (Phi) is 5.94. The van der Waals surface area contributed by atoms with Crippen molar-refractivity contribution in [3.8, 4) is 0 Å². The first-order valence-electron chi connectivity index (χ1n) is 9.58. The SMILES string of the molecule is CC(C)CSC[C@@H]1CCc2cc([C@H]3CC[C@](N)(CO)C3)ccc2C1. The summed E-state index contributed by atoms with van der Waals surface area (Å²) in [4.78, 5) is 0. The van der Waals surface area contributed by atoms with Gasteiger partial charge in [0.05, 0.1) is 6.61 Å². The lowest BCUT2D eigenvalue weighted by Gasteiger charge is -2.26. The summed E-state index contributed by atoms with van der Waals surface area (Å²) in [6.07, 6.45) is 6.81. The summed E-state index contributed by atoms with van der Waals surface area (Å²) in [7, 11) is 0. The molecule has 0 heterocycles. The van der Waals surface area contributed by atoms with Crippen molar-refractivity contribution < 1.29 is 5.11 Å². The number of benzene rings is 1. The molecular weight excluding hydrogens is 314 g/mol. The van der Waals surface area contributed by atoms with E-state index in [0.29, 0.717) is 5.92 Å². The molecule has 3 atom stereocenters. The van der Waals surface area contributed by atoms with Crippen molar-refractivity contribution in [1.82, 2.24) is 0 Å². The number of aryl methyl sites for hydroxylation is 1. The molecular formula is C21H33NOS. The standard InChI is InChI=1S/C21H33NOS/c1-15(2)12-24-13-16-3-4-18-10-19(6-5-17(18)9-16)20-7-8-21(22,11-20)14-23/h5-6,10,15-16,20,23H,3-4,7-9,11-14,22H2,1-2H3/t16-,20+,21-/m1/s1. The number of hydrogen-bond donors (Lipinski definition) is 2. The molecule has 1 aromatic rings. The van der Waals surface area contributed by atoms with Gasteiger partial charge < -0.3 is 10.8 Å². The molecule has 0 spiro atoms. The largest absolute Gasteiger partial charge is 0.394 e. The van der Waals surface area contributed by atoms with Crippen LogP contribution in [-0.4, -0.2) is 28.8 Å². The zero-order valence-corrected chi connectivity index (χ0v) is 16.1. The molecule has 0 unspecified atom stereocenters. The van der Waals surface area contributed by atoms with E-state index in [4.69, 9.17) is 5.73 Å². The maximum absolute atomic E-state index is 9.49. The van der Waals surface area contributed by atoms with Gasteiger partial charge in [-0.25, -0.2) is 0 Å². The van der Waals surface area contributed by atoms with Crippen LogP contribution in [0.2, 0.25) is 0 Å². The van der Waals surface area contributed by atoms with E-state index in [-0.39, 0.29) is 12.1 Å². The van der Waals surface area contributed by atoms with Crippen LogP contribution in [0.15, 0.2) is 18.2 Å². The van der Waals surface area contributed by atoms with Crippen molar-refractivity contribution >= 4 is 11.8 Å². The third-order valence-corrected chi connectivity index (χ3v) is 7.40. The van der Waals surface area contributed by atoms with Gasteiger partial charge in [-0.1, -0.05) is 32.0 Å². The number of fused-ring (bicyclic) bond motifs is 1. The third kappa shape index (κ3) is 4.36. The zero-order chi connectivity index (χ0) is 17.2. The van der Waals surface area contributed by atoms with Gasteiger partial charge in [0.1, 0.15) is 0 Å². The molecule has 24 heavy (non-hydrogen) atoms. The first-order chi connectivity index (χ1) is 11.5. The summed E-state index contributed by atoms with van der Waals surface area (Å²) in [5.74, 6) is 4.79. The van der Waals surface area contributed by atoms with Crippen LogP contribution in [0.3, 0.4) is 0 Å². The highest BCUT2D eigenvalue weighted by molar-refractivity contribution is 7.99. The number of rotatable bonds is 6. The average molecular weight is 348 g/mol. The molecule has 3 N–H and O–H groups in total. The lowest BCUT2D eigenvalue weighted by molar-refractivity contribution is 0.198. The Morgan fingerprint density at radius 3 is 2.83 bits per heavy atom. The number of aliphatic hydroxyl groups excluding tert-OH is 1. The Bertz CT molecular complexity index is 559. The molecule has 0 aliphatic heterocycles. The monoisotopic (exact) mass is 347 g/mol. The van der Waals surface area contributed by atoms with Gasteiger partial charge in [-0.2, -0.15) is 11.8 Å². The molecule has 134 valence electrons. The highest BCUT2D eigenvalue weighted by Crippen LogP contribution is 2.40. The lowest BCUT2D eigenvalue weighted by atomic mass is 9.82. The number of nitrogens with two attached hydrogens (primary N) is 1. The molecule has 0 bridgehead atoms. The van der Waals surface area contributed by atoms with Gasteiger partial charge in [0.25, 0.3) is 0 Å². The predicted octanol–water partition coefficient (Wildman–Crippen LogP) is 4.14. The maximum Gasteiger partial charge on any atom is 0.0611 e. The van der Waals surface area contributed by atoms with E-state index in [1.54, 1.807) is 11.1 Å². The second-order valence-corrected chi connectivity index (χ2v) is 9.60. The second-order valence-electron chi connectivity index (χ2n) is 8.53. The van der Waals surface area contributed by atoms with Crippen molar-refractivity contribution in [2.45, 2.75) is 63.8 Å². The van der Waals surface area contributed by atoms with Crippen molar-refractivity contribution in [2.24, 2.45) is 17.6 Å². The molecule has 3 heteroatoms. The van der Waals surface area contributed by atoms with Gasteiger partial charge in [0.15, 0.2) is 0 Å². The van der Waals surface area contributed by atoms with Crippen LogP contribution in [0.5, 0.6) is 0 Å². The Morgan fingerprint density at radius 1 is 1.29 bits per heavy atom. The van der Waals surface area contributed by atoms with Crippen molar-refractivity contribution in [2.75, 3.05) is 18.1 Å². The van der Waals surface area contributed by atoms with E-state index < -0.39 is 0 Å². The van der Waals surface area contributed by atoms with E-state index in [1.807, 2.05) is 0 Å². The molecule has 0 radical (unpaired) electrons. The second kappa shape index (κ2) is 7.80. The quantitative estimate of drug-likeness (QED) is 0.813. The summed E-state index contributed by atoms with van der Waals surface area (Å²) in [6.45, 7) is 4.73. The fraction of sp³-hybridized carbons (Fsp3) is 0.714. The smallest absolute Gasteiger partial charge is 0.0611 e. The molecule has 1 fully saturated rings. The minimum atomic E-state index is -0.348. The van der Waals surface area contributed by atoms with Crippen molar-refractivity contribution in [1.29, 1.82) is 0 Å². The Labute approximate surface area is 151 Å². The van der Waals surface area contributed by atoms with Crippen LogP contribution in [0.1, 0.15) is 62.1 Å². The summed E-state index contributed by atoms with van der Waals surface area (Å²) in [5, 5.41) is 9.49. The summed E-state index contributed by atoms with van der Waals surface area (Å²) < 4.78 is 0. The minimum absolute atomic E-state index is 0.115. The van der Waals surface area contributed by atoms with Crippen molar-refractivity contribution in [3.05, 3.63) is 34.9 Å². The van der Waals surface area contributed by atoms with Crippen LogP contribution >= 0.6 is 11.8 Å². The third-order valence-electron chi connectivity index (χ3n) is 5.80. The van der Waals surface area contributed by atoms with Gasteiger partial charge in [-0.15, -0.1) is 0 Å². The topological polar surface area (TPSA) is 46.2 Å². The predicted molar refractivity (Wildman–Crippen MR) is 105 cm³/mol. The zero-order valence-electron chi connectivity index (χ0n) is 15.3. The number of thioether (sulfide) groups is 1. The first-order valence-corrected chi connectivity index (χ1v) is 10.7.